The summed E-state index contributed by atoms with van der Waals surface area (Å²) in [7, 11) is 3.79. The second-order valence-electron chi connectivity index (χ2n) is 7.62. The molecule has 0 radical (unpaired) electrons. The molecular weight excluding hydrogens is 358 g/mol. The number of hydrogen-bond donors (Lipinski definition) is 1. The number of nitrogens with two attached hydrogens (primary N) is 1. The van der Waals surface area contributed by atoms with Gasteiger partial charge in [0.25, 0.3) is 0 Å². The molecular formula is C25H27N3O. The quantitative estimate of drug-likeness (QED) is 0.499. The Balaban J connectivity index is 1.42. The van der Waals surface area contributed by atoms with Gasteiger partial charge in [0.15, 0.2) is 0 Å². The molecule has 4 aromatic rings. The normalized spacial score (nSPS) is 12.2. The van der Waals surface area contributed by atoms with Crippen molar-refractivity contribution in [1.82, 2.24) is 9.55 Å². The second kappa shape index (κ2) is 8.50. The van der Waals surface area contributed by atoms with Crippen molar-refractivity contribution in [1.29, 1.82) is 0 Å². The van der Waals surface area contributed by atoms with Gasteiger partial charge in [-0.25, -0.2) is 0 Å². The number of ether oxygens (including phenoxy) is 1. The third kappa shape index (κ3) is 4.49. The molecule has 0 saturated heterocycles. The number of benzene rings is 2. The predicted octanol–water partition coefficient (Wildman–Crippen LogP) is 4.75. The Labute approximate surface area is 172 Å². The molecule has 0 amide bonds. The van der Waals surface area contributed by atoms with Crippen molar-refractivity contribution in [3.05, 3.63) is 84.4 Å². The zero-order valence-electron chi connectivity index (χ0n) is 17.0. The lowest BCUT2D eigenvalue weighted by molar-refractivity contribution is 0.414. The van der Waals surface area contributed by atoms with Gasteiger partial charge < -0.3 is 15.0 Å². The van der Waals surface area contributed by atoms with Crippen LogP contribution in [0.4, 0.5) is 0 Å². The van der Waals surface area contributed by atoms with E-state index in [1.807, 2.05) is 24.5 Å². The number of methoxy groups -OCH3 is 1. The summed E-state index contributed by atoms with van der Waals surface area (Å²) in [6.07, 6.45) is 8.73. The lowest BCUT2D eigenvalue weighted by Gasteiger charge is -2.12. The van der Waals surface area contributed by atoms with Crippen LogP contribution in [0.5, 0.6) is 5.75 Å². The molecule has 0 aliphatic rings. The molecule has 4 heteroatoms. The molecule has 2 aromatic carbocycles. The Hall–Kier alpha value is -3.11. The topological polar surface area (TPSA) is 53.1 Å². The lowest BCUT2D eigenvalue weighted by atomic mass is 10.0. The maximum Gasteiger partial charge on any atom is 0.118 e. The number of nitrogens with zero attached hydrogens (tertiary/aromatic N) is 2. The highest BCUT2D eigenvalue weighted by Crippen LogP contribution is 2.26. The molecule has 0 fully saturated rings. The third-order valence-electron chi connectivity index (χ3n) is 5.51. The number of rotatable bonds is 7. The first kappa shape index (κ1) is 19.2. The predicted molar refractivity (Wildman–Crippen MR) is 119 cm³/mol. The van der Waals surface area contributed by atoms with Crippen LogP contribution in [0.3, 0.4) is 0 Å². The summed E-state index contributed by atoms with van der Waals surface area (Å²) >= 11 is 0. The van der Waals surface area contributed by atoms with E-state index in [1.54, 1.807) is 7.11 Å². The highest BCUT2D eigenvalue weighted by Gasteiger charge is 2.10. The van der Waals surface area contributed by atoms with Gasteiger partial charge in [-0.1, -0.05) is 24.3 Å². The van der Waals surface area contributed by atoms with Crippen molar-refractivity contribution in [3.63, 3.8) is 0 Å². The first-order chi connectivity index (χ1) is 14.1. The monoisotopic (exact) mass is 385 g/mol. The first-order valence-corrected chi connectivity index (χ1v) is 10.0. The molecule has 148 valence electrons. The van der Waals surface area contributed by atoms with Crippen LogP contribution in [0.25, 0.3) is 21.9 Å². The fourth-order valence-corrected chi connectivity index (χ4v) is 3.78. The van der Waals surface area contributed by atoms with Crippen LogP contribution in [0, 0.1) is 0 Å². The largest absolute Gasteiger partial charge is 0.497 e. The molecule has 0 aliphatic heterocycles. The van der Waals surface area contributed by atoms with E-state index in [-0.39, 0.29) is 6.04 Å². The number of aryl methyl sites for hydroxylation is 2. The van der Waals surface area contributed by atoms with Crippen LogP contribution in [-0.4, -0.2) is 22.7 Å². The van der Waals surface area contributed by atoms with Gasteiger partial charge in [-0.05, 0) is 71.7 Å². The standard InChI is InChI=1S/C25H27N3O/c1-28-17-22(19-5-6-21-16-27-12-11-20(21)14-19)15-24(28)8-7-23(26)13-18-3-9-25(29-2)10-4-18/h3-6,9-12,14-17,23H,7-8,13,26H2,1-2H3/t23-/m1/s1. The minimum Gasteiger partial charge on any atom is -0.497 e. The van der Waals surface area contributed by atoms with Gasteiger partial charge in [0.2, 0.25) is 0 Å². The zero-order chi connectivity index (χ0) is 20.2. The van der Waals surface area contributed by atoms with E-state index in [2.05, 4.69) is 65.3 Å². The average Bonchev–Trinajstić information content (AvgIpc) is 3.13. The van der Waals surface area contributed by atoms with Gasteiger partial charge in [-0.3, -0.25) is 4.98 Å². The van der Waals surface area contributed by atoms with E-state index in [0.29, 0.717) is 0 Å². The van der Waals surface area contributed by atoms with Crippen LogP contribution in [0.1, 0.15) is 17.7 Å². The average molecular weight is 386 g/mol. The molecule has 2 heterocycles. The van der Waals surface area contributed by atoms with E-state index < -0.39 is 0 Å². The van der Waals surface area contributed by atoms with Crippen molar-refractivity contribution in [2.75, 3.05) is 7.11 Å². The lowest BCUT2D eigenvalue weighted by Crippen LogP contribution is -2.23. The van der Waals surface area contributed by atoms with E-state index in [0.717, 1.165) is 30.4 Å². The molecule has 2 aromatic heterocycles. The van der Waals surface area contributed by atoms with E-state index in [4.69, 9.17) is 10.5 Å². The van der Waals surface area contributed by atoms with E-state index in [9.17, 15) is 0 Å². The summed E-state index contributed by atoms with van der Waals surface area (Å²) in [5, 5.41) is 2.38. The summed E-state index contributed by atoms with van der Waals surface area (Å²) in [4.78, 5) is 4.19. The van der Waals surface area contributed by atoms with Crippen LogP contribution >= 0.6 is 0 Å². The van der Waals surface area contributed by atoms with E-state index >= 15 is 0 Å². The van der Waals surface area contributed by atoms with E-state index in [1.165, 1.54) is 27.8 Å². The third-order valence-corrected chi connectivity index (χ3v) is 5.51. The maximum atomic E-state index is 6.41. The van der Waals surface area contributed by atoms with Gasteiger partial charge in [0, 0.05) is 42.8 Å². The molecule has 0 spiro atoms. The van der Waals surface area contributed by atoms with Crippen molar-refractivity contribution in [2.45, 2.75) is 25.3 Å². The number of pyridine rings is 1. The zero-order valence-corrected chi connectivity index (χ0v) is 17.0. The van der Waals surface area contributed by atoms with Crippen LogP contribution < -0.4 is 10.5 Å². The smallest absolute Gasteiger partial charge is 0.118 e. The summed E-state index contributed by atoms with van der Waals surface area (Å²) in [6, 6.07) is 19.2. The summed E-state index contributed by atoms with van der Waals surface area (Å²) in [6.45, 7) is 0. The summed E-state index contributed by atoms with van der Waals surface area (Å²) in [5.41, 5.74) is 11.4. The number of fused-ring (bicyclic) bond motifs is 1. The highest BCUT2D eigenvalue weighted by atomic mass is 16.5. The minimum absolute atomic E-state index is 0.134. The SMILES string of the molecule is COc1ccc(C[C@H](N)CCc2cc(-c3ccc4cnccc4c3)cn2C)cc1. The summed E-state index contributed by atoms with van der Waals surface area (Å²) < 4.78 is 7.43. The molecule has 4 rings (SSSR count). The second-order valence-corrected chi connectivity index (χ2v) is 7.62. The molecule has 0 saturated carbocycles. The van der Waals surface area contributed by atoms with Gasteiger partial charge in [-0.2, -0.15) is 0 Å². The van der Waals surface area contributed by atoms with Crippen LogP contribution in [0.2, 0.25) is 0 Å². The van der Waals surface area contributed by atoms with Crippen LogP contribution in [0.15, 0.2) is 73.2 Å². The van der Waals surface area contributed by atoms with Crippen molar-refractivity contribution < 1.29 is 4.74 Å². The fourth-order valence-electron chi connectivity index (χ4n) is 3.78. The van der Waals surface area contributed by atoms with Gasteiger partial charge in [0.05, 0.1) is 7.11 Å². The first-order valence-electron chi connectivity index (χ1n) is 10.0. The maximum absolute atomic E-state index is 6.41. The Kier molecular flexibility index (Phi) is 5.63. The Bertz CT molecular complexity index is 1100. The van der Waals surface area contributed by atoms with Gasteiger partial charge in [0.1, 0.15) is 5.75 Å². The molecule has 0 aliphatic carbocycles. The van der Waals surface area contributed by atoms with Crippen LogP contribution in [-0.2, 0) is 19.9 Å². The number of aromatic nitrogens is 2. The van der Waals surface area contributed by atoms with Gasteiger partial charge in [-0.15, -0.1) is 0 Å². The Morgan fingerprint density at radius 3 is 2.62 bits per heavy atom. The molecule has 4 nitrogen and oxygen atoms in total. The molecule has 0 bridgehead atoms. The Morgan fingerprint density at radius 2 is 1.83 bits per heavy atom. The summed E-state index contributed by atoms with van der Waals surface area (Å²) in [5.74, 6) is 0.878. The minimum atomic E-state index is 0.134. The van der Waals surface area contributed by atoms with Crippen molar-refractivity contribution in [3.8, 4) is 16.9 Å². The van der Waals surface area contributed by atoms with Crippen molar-refractivity contribution in [2.24, 2.45) is 12.8 Å². The Morgan fingerprint density at radius 1 is 1.00 bits per heavy atom. The van der Waals surface area contributed by atoms with Gasteiger partial charge >= 0.3 is 0 Å². The molecule has 2 N–H and O–H groups in total. The molecule has 29 heavy (non-hydrogen) atoms. The number of hydrogen-bond acceptors (Lipinski definition) is 3. The molecule has 1 atom stereocenters. The fraction of sp³-hybridized carbons (Fsp3) is 0.240. The molecule has 0 unspecified atom stereocenters. The highest BCUT2D eigenvalue weighted by molar-refractivity contribution is 5.86. The van der Waals surface area contributed by atoms with Crippen molar-refractivity contribution >= 4 is 10.8 Å².